The zero-order chi connectivity index (χ0) is 17.0. The predicted octanol–water partition coefficient (Wildman–Crippen LogP) is 0.0757. The monoisotopic (exact) mass is 327 g/mol. The molecule has 0 spiro atoms. The van der Waals surface area contributed by atoms with Crippen molar-refractivity contribution < 1.29 is 19.2 Å². The highest BCUT2D eigenvalue weighted by molar-refractivity contribution is 6.23. The van der Waals surface area contributed by atoms with Gasteiger partial charge in [-0.05, 0) is 43.1 Å². The molecule has 24 heavy (non-hydrogen) atoms. The minimum Gasteiger partial charge on any atom is -0.302 e. The summed E-state index contributed by atoms with van der Waals surface area (Å²) in [7, 11) is 2.01. The van der Waals surface area contributed by atoms with Crippen LogP contribution >= 0.6 is 0 Å². The molecule has 4 amide bonds. The number of hydrogen-bond donors (Lipinski definition) is 1. The topological polar surface area (TPSA) is 86.8 Å². The van der Waals surface area contributed by atoms with Crippen LogP contribution in [0.15, 0.2) is 12.1 Å². The second-order valence-corrected chi connectivity index (χ2v) is 6.60. The lowest BCUT2D eigenvalue weighted by Gasteiger charge is -2.27. The summed E-state index contributed by atoms with van der Waals surface area (Å²) in [5, 5.41) is 2.20. The van der Waals surface area contributed by atoms with Gasteiger partial charge in [-0.3, -0.25) is 29.4 Å². The Morgan fingerprint density at radius 1 is 1.00 bits per heavy atom. The van der Waals surface area contributed by atoms with E-state index in [2.05, 4.69) is 10.2 Å². The normalized spacial score (nSPS) is 24.0. The highest BCUT2D eigenvalue weighted by Crippen LogP contribution is 2.31. The fraction of sp³-hybridized carbons (Fsp3) is 0.412. The second kappa shape index (κ2) is 5.24. The third-order valence-corrected chi connectivity index (χ3v) is 4.96. The first-order chi connectivity index (χ1) is 11.5. The first-order valence-corrected chi connectivity index (χ1v) is 8.01. The van der Waals surface area contributed by atoms with Gasteiger partial charge in [0.25, 0.3) is 11.8 Å². The first-order valence-electron chi connectivity index (χ1n) is 8.01. The van der Waals surface area contributed by atoms with E-state index in [4.69, 9.17) is 0 Å². The van der Waals surface area contributed by atoms with Gasteiger partial charge >= 0.3 is 0 Å². The third-order valence-electron chi connectivity index (χ3n) is 4.96. The summed E-state index contributed by atoms with van der Waals surface area (Å²) in [4.78, 5) is 52.0. The summed E-state index contributed by atoms with van der Waals surface area (Å²) in [5.41, 5.74) is 2.86. The number of carbonyl (C=O) groups excluding carboxylic acids is 4. The minimum atomic E-state index is -0.908. The Hall–Kier alpha value is -2.54. The van der Waals surface area contributed by atoms with Gasteiger partial charge in [0.15, 0.2) is 0 Å². The maximum atomic E-state index is 12.7. The SMILES string of the molecule is CN1CCc2cc3c(cc2C1)C(=O)N([C@@H]1CCC(=O)NC1=O)C3=O. The van der Waals surface area contributed by atoms with Crippen molar-refractivity contribution in [2.24, 2.45) is 0 Å². The van der Waals surface area contributed by atoms with Gasteiger partial charge in [-0.25, -0.2) is 0 Å². The van der Waals surface area contributed by atoms with E-state index in [9.17, 15) is 19.2 Å². The number of nitrogens with one attached hydrogen (secondary N) is 1. The quantitative estimate of drug-likeness (QED) is 0.738. The highest BCUT2D eigenvalue weighted by atomic mass is 16.2. The number of nitrogens with zero attached hydrogens (tertiary/aromatic N) is 2. The molecule has 0 aliphatic carbocycles. The van der Waals surface area contributed by atoms with E-state index in [0.717, 1.165) is 35.5 Å². The molecule has 1 atom stereocenters. The molecule has 7 heteroatoms. The lowest BCUT2D eigenvalue weighted by molar-refractivity contribution is -0.136. The van der Waals surface area contributed by atoms with Crippen molar-refractivity contribution >= 4 is 23.6 Å². The molecule has 0 radical (unpaired) electrons. The van der Waals surface area contributed by atoms with Gasteiger partial charge in [0, 0.05) is 19.5 Å². The number of piperidine rings is 1. The van der Waals surface area contributed by atoms with E-state index in [-0.39, 0.29) is 18.7 Å². The highest BCUT2D eigenvalue weighted by Gasteiger charge is 2.45. The Labute approximate surface area is 138 Å². The van der Waals surface area contributed by atoms with Gasteiger partial charge in [0.05, 0.1) is 11.1 Å². The van der Waals surface area contributed by atoms with Gasteiger partial charge in [-0.1, -0.05) is 0 Å². The van der Waals surface area contributed by atoms with Gasteiger partial charge < -0.3 is 4.90 Å². The van der Waals surface area contributed by atoms with Crippen LogP contribution in [0, 0.1) is 0 Å². The average molecular weight is 327 g/mol. The van der Waals surface area contributed by atoms with E-state index in [1.54, 1.807) is 12.1 Å². The lowest BCUT2D eigenvalue weighted by Crippen LogP contribution is -2.54. The van der Waals surface area contributed by atoms with Crippen molar-refractivity contribution in [1.29, 1.82) is 0 Å². The Morgan fingerprint density at radius 3 is 2.33 bits per heavy atom. The van der Waals surface area contributed by atoms with Crippen LogP contribution in [0.25, 0.3) is 0 Å². The number of benzene rings is 1. The molecule has 1 saturated heterocycles. The molecule has 3 aliphatic rings. The second-order valence-electron chi connectivity index (χ2n) is 6.60. The molecule has 7 nitrogen and oxygen atoms in total. The summed E-state index contributed by atoms with van der Waals surface area (Å²) in [5.74, 6) is -1.83. The summed E-state index contributed by atoms with van der Waals surface area (Å²) in [6, 6.07) is 2.67. The molecule has 124 valence electrons. The van der Waals surface area contributed by atoms with Crippen molar-refractivity contribution in [3.05, 3.63) is 34.4 Å². The van der Waals surface area contributed by atoms with Crippen molar-refractivity contribution in [3.8, 4) is 0 Å². The summed E-state index contributed by atoms with van der Waals surface area (Å²) < 4.78 is 0. The standard InChI is InChI=1S/C17H17N3O4/c1-19-5-4-9-6-11-12(7-10(9)8-19)17(24)20(16(11)23)13-2-3-14(21)18-15(13)22/h6-7,13H,2-5,8H2,1H3,(H,18,21,22)/t13-/m1/s1. The van der Waals surface area contributed by atoms with Crippen molar-refractivity contribution in [2.75, 3.05) is 13.6 Å². The Balaban J connectivity index is 1.71. The summed E-state index contributed by atoms with van der Waals surface area (Å²) >= 11 is 0. The van der Waals surface area contributed by atoms with Crippen LogP contribution < -0.4 is 5.32 Å². The fourth-order valence-electron chi connectivity index (χ4n) is 3.67. The maximum Gasteiger partial charge on any atom is 0.262 e. The molecular weight excluding hydrogens is 310 g/mol. The summed E-state index contributed by atoms with van der Waals surface area (Å²) in [6.45, 7) is 1.65. The molecule has 1 N–H and O–H groups in total. The first kappa shape index (κ1) is 15.0. The molecule has 0 bridgehead atoms. The number of amides is 4. The van der Waals surface area contributed by atoms with Crippen molar-refractivity contribution in [3.63, 3.8) is 0 Å². The Morgan fingerprint density at radius 2 is 1.67 bits per heavy atom. The Kier molecular flexibility index (Phi) is 3.28. The zero-order valence-electron chi connectivity index (χ0n) is 13.3. The Bertz CT molecular complexity index is 801. The number of rotatable bonds is 1. The van der Waals surface area contributed by atoms with E-state index in [1.807, 2.05) is 7.05 Å². The average Bonchev–Trinajstić information content (AvgIpc) is 2.77. The lowest BCUT2D eigenvalue weighted by atomic mass is 9.94. The van der Waals surface area contributed by atoms with E-state index < -0.39 is 23.8 Å². The summed E-state index contributed by atoms with van der Waals surface area (Å²) in [6.07, 6.45) is 1.14. The van der Waals surface area contributed by atoms with Crippen LogP contribution in [0.4, 0.5) is 0 Å². The molecule has 3 heterocycles. The smallest absolute Gasteiger partial charge is 0.262 e. The molecule has 4 rings (SSSR count). The molecule has 1 fully saturated rings. The van der Waals surface area contributed by atoms with E-state index in [1.165, 1.54) is 0 Å². The van der Waals surface area contributed by atoms with Crippen LogP contribution in [0.3, 0.4) is 0 Å². The predicted molar refractivity (Wildman–Crippen MR) is 83.2 cm³/mol. The molecule has 3 aliphatic heterocycles. The van der Waals surface area contributed by atoms with E-state index >= 15 is 0 Å². The fourth-order valence-corrected chi connectivity index (χ4v) is 3.67. The molecular formula is C17H17N3O4. The largest absolute Gasteiger partial charge is 0.302 e. The zero-order valence-corrected chi connectivity index (χ0v) is 13.3. The van der Waals surface area contributed by atoms with Gasteiger partial charge in [0.1, 0.15) is 6.04 Å². The number of fused-ring (bicyclic) bond motifs is 2. The van der Waals surface area contributed by atoms with Crippen molar-refractivity contribution in [2.45, 2.75) is 31.8 Å². The van der Waals surface area contributed by atoms with Crippen molar-refractivity contribution in [1.82, 2.24) is 15.1 Å². The van der Waals surface area contributed by atoms with Crippen LogP contribution in [-0.4, -0.2) is 53.1 Å². The molecule has 1 aromatic carbocycles. The minimum absolute atomic E-state index is 0.130. The molecule has 0 aromatic heterocycles. The molecule has 1 aromatic rings. The van der Waals surface area contributed by atoms with Crippen LogP contribution in [-0.2, 0) is 22.6 Å². The number of carbonyl (C=O) groups is 4. The number of likely N-dealkylation sites (N-methyl/N-ethyl adjacent to an activating group) is 1. The van der Waals surface area contributed by atoms with E-state index in [0.29, 0.717) is 11.1 Å². The van der Waals surface area contributed by atoms with Gasteiger partial charge in [-0.15, -0.1) is 0 Å². The maximum absolute atomic E-state index is 12.7. The number of hydrogen-bond acceptors (Lipinski definition) is 5. The molecule has 0 saturated carbocycles. The van der Waals surface area contributed by atoms with Gasteiger partial charge in [0.2, 0.25) is 11.8 Å². The van der Waals surface area contributed by atoms with Crippen LogP contribution in [0.1, 0.15) is 44.7 Å². The van der Waals surface area contributed by atoms with Crippen LogP contribution in [0.2, 0.25) is 0 Å². The molecule has 0 unspecified atom stereocenters. The van der Waals surface area contributed by atoms with Gasteiger partial charge in [-0.2, -0.15) is 0 Å². The van der Waals surface area contributed by atoms with Crippen LogP contribution in [0.5, 0.6) is 0 Å². The number of imide groups is 2. The third kappa shape index (κ3) is 2.16.